The van der Waals surface area contributed by atoms with E-state index >= 15 is 0 Å². The Hall–Kier alpha value is -3.06. The normalized spacial score (nSPS) is 12.9. The summed E-state index contributed by atoms with van der Waals surface area (Å²) in [5.74, 6) is -1.39. The molecule has 3 rings (SSSR count). The van der Waals surface area contributed by atoms with E-state index in [9.17, 15) is 14.4 Å². The predicted octanol–water partition coefficient (Wildman–Crippen LogP) is 1.56. The number of thiocarbonyl (C=S) groups is 1. The van der Waals surface area contributed by atoms with Crippen LogP contribution in [-0.4, -0.2) is 34.2 Å². The largest absolute Gasteiger partial charge is 0.389 e. The first-order chi connectivity index (χ1) is 11.5. The number of imide groups is 1. The fourth-order valence-electron chi connectivity index (χ4n) is 2.44. The van der Waals surface area contributed by atoms with Crippen LogP contribution in [0.25, 0.3) is 0 Å². The Morgan fingerprint density at radius 3 is 2.04 bits per heavy atom. The summed E-state index contributed by atoms with van der Waals surface area (Å²) in [7, 11) is 0. The van der Waals surface area contributed by atoms with Crippen molar-refractivity contribution in [3.05, 3.63) is 65.2 Å². The van der Waals surface area contributed by atoms with E-state index in [0.29, 0.717) is 22.4 Å². The number of benzene rings is 2. The maximum absolute atomic E-state index is 12.2. The lowest BCUT2D eigenvalue weighted by Crippen LogP contribution is -2.37. The number of fused-ring (bicyclic) bond motifs is 1. The monoisotopic (exact) mass is 339 g/mol. The van der Waals surface area contributed by atoms with Crippen molar-refractivity contribution in [2.75, 3.05) is 11.9 Å². The van der Waals surface area contributed by atoms with Crippen molar-refractivity contribution < 1.29 is 14.4 Å². The van der Waals surface area contributed by atoms with Crippen molar-refractivity contribution in [1.29, 1.82) is 0 Å². The highest BCUT2D eigenvalue weighted by atomic mass is 32.1. The molecule has 0 saturated heterocycles. The van der Waals surface area contributed by atoms with E-state index in [1.807, 2.05) is 0 Å². The van der Waals surface area contributed by atoms with Crippen LogP contribution in [0.15, 0.2) is 48.5 Å². The Morgan fingerprint density at radius 1 is 1.00 bits per heavy atom. The van der Waals surface area contributed by atoms with E-state index in [1.165, 1.54) is 0 Å². The Kier molecular flexibility index (Phi) is 4.09. The molecule has 0 aliphatic carbocycles. The van der Waals surface area contributed by atoms with Gasteiger partial charge in [0.15, 0.2) is 0 Å². The first-order valence-electron chi connectivity index (χ1n) is 7.12. The average molecular weight is 339 g/mol. The fourth-order valence-corrected chi connectivity index (χ4v) is 2.58. The van der Waals surface area contributed by atoms with E-state index in [-0.39, 0.29) is 11.5 Å². The predicted molar refractivity (Wildman–Crippen MR) is 92.8 cm³/mol. The number of nitrogens with zero attached hydrogens (tertiary/aromatic N) is 1. The van der Waals surface area contributed by atoms with Crippen LogP contribution in [0, 0.1) is 0 Å². The zero-order chi connectivity index (χ0) is 17.3. The van der Waals surface area contributed by atoms with Crippen LogP contribution in [0.3, 0.4) is 0 Å². The van der Waals surface area contributed by atoms with Gasteiger partial charge in [-0.25, -0.2) is 0 Å². The summed E-state index contributed by atoms with van der Waals surface area (Å²) < 4.78 is 0. The van der Waals surface area contributed by atoms with E-state index in [4.69, 9.17) is 18.0 Å². The first-order valence-corrected chi connectivity index (χ1v) is 7.53. The van der Waals surface area contributed by atoms with Crippen LogP contribution in [0.1, 0.15) is 26.3 Å². The fraction of sp³-hybridized carbons (Fsp3) is 0.0588. The van der Waals surface area contributed by atoms with Gasteiger partial charge in [-0.05, 0) is 36.4 Å². The molecule has 7 heteroatoms. The summed E-state index contributed by atoms with van der Waals surface area (Å²) in [5.41, 5.74) is 7.35. The highest BCUT2D eigenvalue weighted by Crippen LogP contribution is 2.22. The molecule has 1 aliphatic heterocycles. The first kappa shape index (κ1) is 15.8. The number of carbonyl (C=O) groups is 3. The Labute approximate surface area is 143 Å². The van der Waals surface area contributed by atoms with Gasteiger partial charge in [-0.3, -0.25) is 19.3 Å². The standard InChI is InChI=1S/C17H13N3O3S/c18-15(24)10-5-7-11(8-6-10)19-14(21)9-20-16(22)12-3-1-2-4-13(12)17(20)23/h1-8H,9H2,(H2,18,24)(H,19,21). The molecule has 1 heterocycles. The van der Waals surface area contributed by atoms with Gasteiger partial charge in [-0.2, -0.15) is 0 Å². The van der Waals surface area contributed by atoms with Crippen LogP contribution < -0.4 is 11.1 Å². The minimum atomic E-state index is -0.465. The number of carbonyl (C=O) groups excluding carboxylic acids is 3. The molecule has 1 aliphatic rings. The van der Waals surface area contributed by atoms with Crippen molar-refractivity contribution >= 4 is 40.6 Å². The minimum absolute atomic E-state index is 0.263. The molecule has 120 valence electrons. The van der Waals surface area contributed by atoms with Crippen molar-refractivity contribution in [2.24, 2.45) is 5.73 Å². The van der Waals surface area contributed by atoms with Gasteiger partial charge < -0.3 is 11.1 Å². The van der Waals surface area contributed by atoms with Gasteiger partial charge in [0.05, 0.1) is 11.1 Å². The van der Waals surface area contributed by atoms with E-state index < -0.39 is 17.7 Å². The Bertz CT molecular complexity index is 827. The summed E-state index contributed by atoms with van der Waals surface area (Å²) in [4.78, 5) is 37.7. The lowest BCUT2D eigenvalue weighted by molar-refractivity contribution is -0.116. The third-order valence-corrected chi connectivity index (χ3v) is 3.87. The van der Waals surface area contributed by atoms with Crippen LogP contribution >= 0.6 is 12.2 Å². The van der Waals surface area contributed by atoms with Crippen molar-refractivity contribution in [3.63, 3.8) is 0 Å². The molecule has 2 aromatic rings. The van der Waals surface area contributed by atoms with Crippen LogP contribution in [0.5, 0.6) is 0 Å². The van der Waals surface area contributed by atoms with Gasteiger partial charge in [-0.15, -0.1) is 0 Å². The molecule has 0 aromatic heterocycles. The zero-order valence-corrected chi connectivity index (χ0v) is 13.3. The molecule has 0 radical (unpaired) electrons. The lowest BCUT2D eigenvalue weighted by atomic mass is 10.1. The second-order valence-corrected chi connectivity index (χ2v) is 5.67. The number of rotatable bonds is 4. The molecule has 0 atom stereocenters. The van der Waals surface area contributed by atoms with Crippen molar-refractivity contribution in [2.45, 2.75) is 0 Å². The van der Waals surface area contributed by atoms with Crippen LogP contribution in [-0.2, 0) is 4.79 Å². The number of hydrogen-bond acceptors (Lipinski definition) is 4. The lowest BCUT2D eigenvalue weighted by Gasteiger charge is -2.13. The summed E-state index contributed by atoms with van der Waals surface area (Å²) in [6, 6.07) is 13.2. The maximum atomic E-state index is 12.2. The summed E-state index contributed by atoms with van der Waals surface area (Å²) in [6.45, 7) is -0.344. The Morgan fingerprint density at radius 2 is 1.54 bits per heavy atom. The van der Waals surface area contributed by atoms with Crippen molar-refractivity contribution in [3.8, 4) is 0 Å². The molecule has 0 unspecified atom stereocenters. The highest BCUT2D eigenvalue weighted by molar-refractivity contribution is 7.80. The van der Waals surface area contributed by atoms with Crippen LogP contribution in [0.2, 0.25) is 0 Å². The van der Waals surface area contributed by atoms with E-state index in [0.717, 1.165) is 4.90 Å². The quantitative estimate of drug-likeness (QED) is 0.651. The minimum Gasteiger partial charge on any atom is -0.389 e. The molecule has 2 aromatic carbocycles. The van der Waals surface area contributed by atoms with Gasteiger partial charge in [0.2, 0.25) is 5.91 Å². The number of hydrogen-bond donors (Lipinski definition) is 2. The van der Waals surface area contributed by atoms with Gasteiger partial charge in [0.1, 0.15) is 11.5 Å². The third kappa shape index (κ3) is 2.89. The van der Waals surface area contributed by atoms with Gasteiger partial charge in [0, 0.05) is 11.3 Å². The van der Waals surface area contributed by atoms with Gasteiger partial charge >= 0.3 is 0 Å². The molecule has 0 saturated carbocycles. The van der Waals surface area contributed by atoms with Crippen molar-refractivity contribution in [1.82, 2.24) is 4.90 Å². The number of nitrogens with two attached hydrogens (primary N) is 1. The molecule has 0 bridgehead atoms. The molecular formula is C17H13N3O3S. The SMILES string of the molecule is NC(=S)c1ccc(NC(=O)CN2C(=O)c3ccccc3C2=O)cc1. The average Bonchev–Trinajstić information content (AvgIpc) is 2.81. The molecule has 0 fully saturated rings. The molecule has 0 spiro atoms. The number of amides is 3. The van der Waals surface area contributed by atoms with Crippen LogP contribution in [0.4, 0.5) is 5.69 Å². The summed E-state index contributed by atoms with van der Waals surface area (Å²) >= 11 is 4.86. The second-order valence-electron chi connectivity index (χ2n) is 5.23. The van der Waals surface area contributed by atoms with Gasteiger partial charge in [0.25, 0.3) is 11.8 Å². The smallest absolute Gasteiger partial charge is 0.262 e. The molecule has 3 amide bonds. The number of anilines is 1. The molecule has 3 N–H and O–H groups in total. The summed E-state index contributed by atoms with van der Waals surface area (Å²) in [5, 5.41) is 2.63. The highest BCUT2D eigenvalue weighted by Gasteiger charge is 2.36. The third-order valence-electron chi connectivity index (χ3n) is 3.63. The topological polar surface area (TPSA) is 92.5 Å². The second kappa shape index (κ2) is 6.21. The molecule has 24 heavy (non-hydrogen) atoms. The molecule has 6 nitrogen and oxygen atoms in total. The number of nitrogens with one attached hydrogen (secondary N) is 1. The Balaban J connectivity index is 1.69. The maximum Gasteiger partial charge on any atom is 0.262 e. The zero-order valence-electron chi connectivity index (χ0n) is 12.5. The van der Waals surface area contributed by atoms with E-state index in [2.05, 4.69) is 5.32 Å². The summed E-state index contributed by atoms with van der Waals surface area (Å²) in [6.07, 6.45) is 0. The molecular weight excluding hydrogens is 326 g/mol. The van der Waals surface area contributed by atoms with Gasteiger partial charge in [-0.1, -0.05) is 24.4 Å². The van der Waals surface area contributed by atoms with E-state index in [1.54, 1.807) is 48.5 Å².